The molecular weight excluding hydrogens is 334 g/mol. The SMILES string of the molecule is COC(=O)CC(=O)c1cc2cc3c(cc2oc1=O)N(C)C(C)(C)CC3C. The minimum absolute atomic E-state index is 0.00317. The van der Waals surface area contributed by atoms with E-state index in [0.29, 0.717) is 16.9 Å². The molecule has 1 unspecified atom stereocenters. The molecule has 0 bridgehead atoms. The van der Waals surface area contributed by atoms with Crippen molar-refractivity contribution < 1.29 is 18.7 Å². The maximum Gasteiger partial charge on any atom is 0.347 e. The van der Waals surface area contributed by atoms with Crippen LogP contribution >= 0.6 is 0 Å². The highest BCUT2D eigenvalue weighted by Crippen LogP contribution is 2.43. The van der Waals surface area contributed by atoms with Crippen molar-refractivity contribution in [3.63, 3.8) is 0 Å². The molecule has 0 amide bonds. The number of carbonyl (C=O) groups is 2. The number of fused-ring (bicyclic) bond motifs is 2. The summed E-state index contributed by atoms with van der Waals surface area (Å²) >= 11 is 0. The zero-order chi connectivity index (χ0) is 19.2. The van der Waals surface area contributed by atoms with Crippen LogP contribution in [0.2, 0.25) is 0 Å². The summed E-state index contributed by atoms with van der Waals surface area (Å²) in [7, 11) is 3.23. The fraction of sp³-hybridized carbons (Fsp3) is 0.450. The number of hydrogen-bond donors (Lipinski definition) is 0. The van der Waals surface area contributed by atoms with Crippen molar-refractivity contribution in [2.24, 2.45) is 0 Å². The van der Waals surface area contributed by atoms with Crippen molar-refractivity contribution in [1.82, 2.24) is 0 Å². The highest BCUT2D eigenvalue weighted by Gasteiger charge is 2.34. The van der Waals surface area contributed by atoms with Gasteiger partial charge >= 0.3 is 11.6 Å². The smallest absolute Gasteiger partial charge is 0.347 e. The molecule has 138 valence electrons. The van der Waals surface area contributed by atoms with Crippen LogP contribution in [0.1, 0.15) is 55.5 Å². The Bertz CT molecular complexity index is 957. The van der Waals surface area contributed by atoms with Crippen LogP contribution in [-0.2, 0) is 9.53 Å². The summed E-state index contributed by atoms with van der Waals surface area (Å²) in [5.74, 6) is -0.948. The molecule has 6 nitrogen and oxygen atoms in total. The molecule has 0 spiro atoms. The lowest BCUT2D eigenvalue weighted by Crippen LogP contribution is -2.45. The number of benzene rings is 1. The monoisotopic (exact) mass is 357 g/mol. The van der Waals surface area contributed by atoms with Crippen LogP contribution in [0.15, 0.2) is 27.4 Å². The lowest BCUT2D eigenvalue weighted by Gasteiger charge is -2.45. The fourth-order valence-corrected chi connectivity index (χ4v) is 3.67. The normalized spacial score (nSPS) is 18.5. The largest absolute Gasteiger partial charge is 0.469 e. The number of ether oxygens (including phenoxy) is 1. The summed E-state index contributed by atoms with van der Waals surface area (Å²) in [6.07, 6.45) is 0.512. The molecule has 0 radical (unpaired) electrons. The molecule has 26 heavy (non-hydrogen) atoms. The predicted molar refractivity (Wildman–Crippen MR) is 99.0 cm³/mol. The zero-order valence-electron chi connectivity index (χ0n) is 15.7. The molecule has 0 saturated carbocycles. The van der Waals surface area contributed by atoms with E-state index in [1.54, 1.807) is 0 Å². The number of methoxy groups -OCH3 is 1. The van der Waals surface area contributed by atoms with Crippen LogP contribution in [-0.4, -0.2) is 31.4 Å². The first-order chi connectivity index (χ1) is 12.1. The maximum absolute atomic E-state index is 12.2. The van der Waals surface area contributed by atoms with Gasteiger partial charge in [0.2, 0.25) is 0 Å². The molecule has 2 heterocycles. The van der Waals surface area contributed by atoms with Gasteiger partial charge in [-0.3, -0.25) is 9.59 Å². The highest BCUT2D eigenvalue weighted by atomic mass is 16.5. The molecule has 1 aliphatic heterocycles. The second-order valence-electron chi connectivity index (χ2n) is 7.55. The summed E-state index contributed by atoms with van der Waals surface area (Å²) in [6.45, 7) is 6.53. The van der Waals surface area contributed by atoms with Crippen LogP contribution in [0.3, 0.4) is 0 Å². The topological polar surface area (TPSA) is 76.8 Å². The molecule has 2 aromatic rings. The molecule has 0 N–H and O–H groups in total. The van der Waals surface area contributed by atoms with Crippen molar-refractivity contribution in [2.45, 2.75) is 45.1 Å². The molecular formula is C20H23NO5. The Balaban J connectivity index is 2.12. The molecule has 0 saturated heterocycles. The minimum atomic E-state index is -0.739. The molecule has 0 fully saturated rings. The van der Waals surface area contributed by atoms with Crippen LogP contribution in [0, 0.1) is 0 Å². The molecule has 6 heteroatoms. The Labute approximate surface area is 151 Å². The Morgan fingerprint density at radius 3 is 2.65 bits per heavy atom. The standard InChI is InChI=1S/C20H23NO5/c1-11-10-20(2,3)21(4)15-8-17-12(6-13(11)15)7-14(19(24)26-17)16(22)9-18(23)25-5/h6-8,11H,9-10H2,1-5H3. The summed E-state index contributed by atoms with van der Waals surface area (Å²) in [6, 6.07) is 5.34. The Morgan fingerprint density at radius 1 is 1.31 bits per heavy atom. The number of nitrogens with zero attached hydrogens (tertiary/aromatic N) is 1. The van der Waals surface area contributed by atoms with E-state index in [2.05, 4.69) is 30.4 Å². The predicted octanol–water partition coefficient (Wildman–Crippen LogP) is 3.26. The van der Waals surface area contributed by atoms with Crippen LogP contribution in [0.25, 0.3) is 11.0 Å². The van der Waals surface area contributed by atoms with Crippen molar-refractivity contribution >= 4 is 28.4 Å². The van der Waals surface area contributed by atoms with Crippen molar-refractivity contribution in [1.29, 1.82) is 0 Å². The number of esters is 1. The zero-order valence-corrected chi connectivity index (χ0v) is 15.7. The van der Waals surface area contributed by atoms with Crippen molar-refractivity contribution in [3.05, 3.63) is 39.7 Å². The van der Waals surface area contributed by atoms with Crippen LogP contribution < -0.4 is 10.5 Å². The van der Waals surface area contributed by atoms with Gasteiger partial charge in [0.05, 0.1) is 7.11 Å². The van der Waals surface area contributed by atoms with Gasteiger partial charge in [-0.15, -0.1) is 0 Å². The second-order valence-corrected chi connectivity index (χ2v) is 7.55. The van der Waals surface area contributed by atoms with Crippen LogP contribution in [0.4, 0.5) is 5.69 Å². The summed E-state index contributed by atoms with van der Waals surface area (Å²) in [4.78, 5) is 37.9. The van der Waals surface area contributed by atoms with E-state index >= 15 is 0 Å². The number of carbonyl (C=O) groups excluding carboxylic acids is 2. The van der Waals surface area contributed by atoms with E-state index in [0.717, 1.165) is 17.7 Å². The summed E-state index contributed by atoms with van der Waals surface area (Å²) in [5.41, 5.74) is 1.74. The quantitative estimate of drug-likeness (QED) is 0.363. The minimum Gasteiger partial charge on any atom is -0.469 e. The van der Waals surface area contributed by atoms with Crippen LogP contribution in [0.5, 0.6) is 0 Å². The number of Topliss-reactive ketones (excluding diaryl/α,β-unsaturated/α-hetero) is 1. The molecule has 1 aliphatic rings. The third-order valence-corrected chi connectivity index (χ3v) is 5.32. The average molecular weight is 357 g/mol. The first-order valence-corrected chi connectivity index (χ1v) is 8.59. The first kappa shape index (κ1) is 18.2. The van der Waals surface area contributed by atoms with Gasteiger partial charge in [-0.2, -0.15) is 0 Å². The van der Waals surface area contributed by atoms with Gasteiger partial charge in [-0.1, -0.05) is 6.92 Å². The van der Waals surface area contributed by atoms with Crippen molar-refractivity contribution in [3.8, 4) is 0 Å². The fourth-order valence-electron chi connectivity index (χ4n) is 3.67. The average Bonchev–Trinajstić information content (AvgIpc) is 2.57. The first-order valence-electron chi connectivity index (χ1n) is 8.59. The second kappa shape index (κ2) is 6.27. The molecule has 1 aromatic heterocycles. The van der Waals surface area contributed by atoms with Gasteiger partial charge in [0.15, 0.2) is 5.78 Å². The van der Waals surface area contributed by atoms with E-state index in [9.17, 15) is 14.4 Å². The van der Waals surface area contributed by atoms with E-state index in [4.69, 9.17) is 4.42 Å². The number of ketones is 1. The highest BCUT2D eigenvalue weighted by molar-refractivity contribution is 6.07. The van der Waals surface area contributed by atoms with E-state index in [1.807, 2.05) is 19.2 Å². The van der Waals surface area contributed by atoms with E-state index in [-0.39, 0.29) is 11.1 Å². The maximum atomic E-state index is 12.2. The Kier molecular flexibility index (Phi) is 4.38. The number of hydrogen-bond acceptors (Lipinski definition) is 6. The Morgan fingerprint density at radius 2 is 2.00 bits per heavy atom. The lowest BCUT2D eigenvalue weighted by atomic mass is 9.80. The number of anilines is 1. The van der Waals surface area contributed by atoms with Gasteiger partial charge in [0, 0.05) is 29.7 Å². The van der Waals surface area contributed by atoms with E-state index in [1.165, 1.54) is 13.2 Å². The third kappa shape index (κ3) is 3.00. The van der Waals surface area contributed by atoms with Gasteiger partial charge < -0.3 is 14.1 Å². The lowest BCUT2D eigenvalue weighted by molar-refractivity contribution is -0.139. The summed E-state index contributed by atoms with van der Waals surface area (Å²) in [5, 5.41) is 0.677. The molecule has 1 aromatic carbocycles. The number of rotatable bonds is 3. The third-order valence-electron chi connectivity index (χ3n) is 5.32. The Hall–Kier alpha value is -2.63. The van der Waals surface area contributed by atoms with Crippen molar-refractivity contribution in [2.75, 3.05) is 19.1 Å². The molecule has 0 aliphatic carbocycles. The van der Waals surface area contributed by atoms with Gasteiger partial charge in [-0.05, 0) is 43.9 Å². The van der Waals surface area contributed by atoms with Gasteiger partial charge in [-0.25, -0.2) is 4.79 Å². The van der Waals surface area contributed by atoms with Gasteiger partial charge in [0.25, 0.3) is 0 Å². The van der Waals surface area contributed by atoms with E-state index < -0.39 is 23.8 Å². The summed E-state index contributed by atoms with van der Waals surface area (Å²) < 4.78 is 9.88. The van der Waals surface area contributed by atoms with Gasteiger partial charge in [0.1, 0.15) is 17.6 Å². The molecule has 1 atom stereocenters. The molecule has 3 rings (SSSR count).